The van der Waals surface area contributed by atoms with Crippen molar-refractivity contribution in [1.29, 1.82) is 0 Å². The van der Waals surface area contributed by atoms with Gasteiger partial charge in [-0.2, -0.15) is 0 Å². The van der Waals surface area contributed by atoms with E-state index in [4.69, 9.17) is 23.2 Å². The molecule has 2 amide bonds. The van der Waals surface area contributed by atoms with Crippen LogP contribution >= 0.6 is 23.2 Å². The van der Waals surface area contributed by atoms with Gasteiger partial charge in [0.25, 0.3) is 0 Å². The maximum Gasteiger partial charge on any atom is 0.242 e. The summed E-state index contributed by atoms with van der Waals surface area (Å²) in [5.41, 5.74) is 0.421. The van der Waals surface area contributed by atoms with Crippen molar-refractivity contribution in [2.45, 2.75) is 52.2 Å². The number of amides is 2. The molecule has 4 nitrogen and oxygen atoms in total. The molecule has 0 radical (unpaired) electrons. The lowest BCUT2D eigenvalue weighted by Crippen LogP contribution is -2.52. The number of hydrogen-bond donors (Lipinski definition) is 1. The standard InChI is InChI=1S/C22H25Cl2FN2O2/c1-14(21(29)26-22(2,3)4)27(13-15-7-5-8-16(23)11-15)20(28)12-17-18(24)9-6-10-19(17)25/h5-11,14H,12-13H2,1-4H3,(H,26,29)/t14-/m0/s1. The van der Waals surface area contributed by atoms with Crippen LogP contribution in [0.25, 0.3) is 0 Å². The van der Waals surface area contributed by atoms with Crippen molar-refractivity contribution in [1.82, 2.24) is 10.2 Å². The molecule has 0 spiro atoms. The Hall–Kier alpha value is -2.11. The SMILES string of the molecule is C[C@@H](C(=O)NC(C)(C)C)N(Cc1cccc(Cl)c1)C(=O)Cc1c(F)cccc1Cl. The molecule has 0 heterocycles. The largest absolute Gasteiger partial charge is 0.350 e. The highest BCUT2D eigenvalue weighted by molar-refractivity contribution is 6.31. The van der Waals surface area contributed by atoms with Crippen molar-refractivity contribution < 1.29 is 14.0 Å². The zero-order valence-electron chi connectivity index (χ0n) is 16.9. The highest BCUT2D eigenvalue weighted by Crippen LogP contribution is 2.22. The molecule has 29 heavy (non-hydrogen) atoms. The molecule has 0 aromatic heterocycles. The summed E-state index contributed by atoms with van der Waals surface area (Å²) < 4.78 is 14.2. The highest BCUT2D eigenvalue weighted by atomic mass is 35.5. The number of rotatable bonds is 6. The molecule has 7 heteroatoms. The second-order valence-electron chi connectivity index (χ2n) is 7.94. The molecule has 156 valence electrons. The summed E-state index contributed by atoms with van der Waals surface area (Å²) in [6, 6.07) is 10.5. The molecule has 0 aliphatic carbocycles. The molecule has 0 aliphatic heterocycles. The topological polar surface area (TPSA) is 49.4 Å². The maximum atomic E-state index is 14.2. The van der Waals surface area contributed by atoms with E-state index in [9.17, 15) is 14.0 Å². The van der Waals surface area contributed by atoms with Crippen molar-refractivity contribution in [3.05, 3.63) is 69.5 Å². The van der Waals surface area contributed by atoms with Crippen LogP contribution in [-0.4, -0.2) is 28.3 Å². The molecule has 0 bridgehead atoms. The van der Waals surface area contributed by atoms with Crippen LogP contribution in [-0.2, 0) is 22.6 Å². The average Bonchev–Trinajstić information content (AvgIpc) is 2.61. The Morgan fingerprint density at radius 3 is 2.38 bits per heavy atom. The fourth-order valence-corrected chi connectivity index (χ4v) is 3.29. The number of nitrogens with zero attached hydrogens (tertiary/aromatic N) is 1. The quantitative estimate of drug-likeness (QED) is 0.688. The molecule has 0 unspecified atom stereocenters. The predicted octanol–water partition coefficient (Wildman–Crippen LogP) is 5.01. The molecule has 2 aromatic carbocycles. The van der Waals surface area contributed by atoms with Crippen LogP contribution < -0.4 is 5.32 Å². The number of benzene rings is 2. The van der Waals surface area contributed by atoms with Crippen molar-refractivity contribution in [3.63, 3.8) is 0 Å². The first-order valence-corrected chi connectivity index (χ1v) is 10.0. The van der Waals surface area contributed by atoms with Crippen LogP contribution in [0.3, 0.4) is 0 Å². The Morgan fingerprint density at radius 2 is 1.79 bits per heavy atom. The molecule has 2 aromatic rings. The van der Waals surface area contributed by atoms with E-state index in [2.05, 4.69) is 5.32 Å². The van der Waals surface area contributed by atoms with Gasteiger partial charge in [0, 0.05) is 27.7 Å². The van der Waals surface area contributed by atoms with Gasteiger partial charge >= 0.3 is 0 Å². The van der Waals surface area contributed by atoms with Crippen LogP contribution in [0.5, 0.6) is 0 Å². The Kier molecular flexibility index (Phi) is 7.66. The summed E-state index contributed by atoms with van der Waals surface area (Å²) in [6.45, 7) is 7.39. The molecule has 1 atom stereocenters. The van der Waals surface area contributed by atoms with E-state index in [0.29, 0.717) is 5.02 Å². The van der Waals surface area contributed by atoms with Crippen molar-refractivity contribution in [2.24, 2.45) is 0 Å². The van der Waals surface area contributed by atoms with E-state index >= 15 is 0 Å². The summed E-state index contributed by atoms with van der Waals surface area (Å²) in [5, 5.41) is 3.58. The Balaban J connectivity index is 2.32. The van der Waals surface area contributed by atoms with Crippen LogP contribution in [0.1, 0.15) is 38.8 Å². The third-order valence-corrected chi connectivity index (χ3v) is 4.89. The molecular weight excluding hydrogens is 414 g/mol. The summed E-state index contributed by atoms with van der Waals surface area (Å²) in [5.74, 6) is -1.26. The minimum atomic E-state index is -0.772. The van der Waals surface area contributed by atoms with Crippen LogP contribution in [0, 0.1) is 5.82 Å². The summed E-state index contributed by atoms with van der Waals surface area (Å²) >= 11 is 12.1. The van der Waals surface area contributed by atoms with Gasteiger partial charge in [0.05, 0.1) is 6.42 Å². The van der Waals surface area contributed by atoms with Gasteiger partial charge in [0.2, 0.25) is 11.8 Å². The Labute approximate surface area is 181 Å². The van der Waals surface area contributed by atoms with Gasteiger partial charge in [-0.05, 0) is 57.5 Å². The van der Waals surface area contributed by atoms with E-state index in [1.165, 1.54) is 23.1 Å². The fraction of sp³-hybridized carbons (Fsp3) is 0.364. The first-order chi connectivity index (χ1) is 13.5. The van der Waals surface area contributed by atoms with Crippen LogP contribution in [0.4, 0.5) is 4.39 Å². The molecule has 0 saturated heterocycles. The number of carbonyl (C=O) groups excluding carboxylic acids is 2. The van der Waals surface area contributed by atoms with Crippen molar-refractivity contribution in [2.75, 3.05) is 0 Å². The highest BCUT2D eigenvalue weighted by Gasteiger charge is 2.29. The lowest BCUT2D eigenvalue weighted by Gasteiger charge is -2.31. The van der Waals surface area contributed by atoms with Gasteiger partial charge in [-0.3, -0.25) is 9.59 Å². The number of carbonyl (C=O) groups is 2. The number of halogens is 3. The summed E-state index contributed by atoms with van der Waals surface area (Å²) in [4.78, 5) is 27.2. The zero-order valence-corrected chi connectivity index (χ0v) is 18.4. The monoisotopic (exact) mass is 438 g/mol. The van der Waals surface area contributed by atoms with E-state index < -0.39 is 23.3 Å². The van der Waals surface area contributed by atoms with Gasteiger partial charge < -0.3 is 10.2 Å². The fourth-order valence-electron chi connectivity index (χ4n) is 2.84. The lowest BCUT2D eigenvalue weighted by atomic mass is 10.1. The lowest BCUT2D eigenvalue weighted by molar-refractivity contribution is -0.140. The predicted molar refractivity (Wildman–Crippen MR) is 114 cm³/mol. The number of nitrogens with one attached hydrogen (secondary N) is 1. The first kappa shape index (κ1) is 23.2. The van der Waals surface area contributed by atoms with E-state index in [1.807, 2.05) is 26.8 Å². The third-order valence-electron chi connectivity index (χ3n) is 4.30. The molecule has 0 fully saturated rings. The average molecular weight is 439 g/mol. The second-order valence-corrected chi connectivity index (χ2v) is 8.79. The van der Waals surface area contributed by atoms with Crippen LogP contribution in [0.2, 0.25) is 10.0 Å². The second kappa shape index (κ2) is 9.59. The van der Waals surface area contributed by atoms with Gasteiger partial charge in [-0.15, -0.1) is 0 Å². The van der Waals surface area contributed by atoms with Crippen LogP contribution in [0.15, 0.2) is 42.5 Å². The van der Waals surface area contributed by atoms with E-state index in [1.54, 1.807) is 25.1 Å². The smallest absolute Gasteiger partial charge is 0.242 e. The molecular formula is C22H25Cl2FN2O2. The van der Waals surface area contributed by atoms with Gasteiger partial charge in [0.1, 0.15) is 11.9 Å². The normalized spacial score (nSPS) is 12.4. The minimum absolute atomic E-state index is 0.110. The van der Waals surface area contributed by atoms with Gasteiger partial charge in [0.15, 0.2) is 0 Å². The van der Waals surface area contributed by atoms with Gasteiger partial charge in [-0.1, -0.05) is 41.4 Å². The third kappa shape index (κ3) is 6.72. The van der Waals surface area contributed by atoms with Crippen molar-refractivity contribution >= 4 is 35.0 Å². The van der Waals surface area contributed by atoms with E-state index in [0.717, 1.165) is 5.56 Å². The van der Waals surface area contributed by atoms with Gasteiger partial charge in [-0.25, -0.2) is 4.39 Å². The summed E-state index contributed by atoms with van der Waals surface area (Å²) in [7, 11) is 0. The first-order valence-electron chi connectivity index (χ1n) is 9.27. The molecule has 0 saturated carbocycles. The van der Waals surface area contributed by atoms with Crippen molar-refractivity contribution in [3.8, 4) is 0 Å². The minimum Gasteiger partial charge on any atom is -0.350 e. The van der Waals surface area contributed by atoms with E-state index in [-0.39, 0.29) is 29.5 Å². The zero-order chi connectivity index (χ0) is 21.8. The Morgan fingerprint density at radius 1 is 1.14 bits per heavy atom. The molecule has 0 aliphatic rings. The summed E-state index contributed by atoms with van der Waals surface area (Å²) in [6.07, 6.45) is -0.251. The molecule has 2 rings (SSSR count). The number of hydrogen-bond acceptors (Lipinski definition) is 2. The Bertz CT molecular complexity index is 876. The molecule has 1 N–H and O–H groups in total. The maximum absolute atomic E-state index is 14.2.